The van der Waals surface area contributed by atoms with Gasteiger partial charge in [0.2, 0.25) is 0 Å². The number of hydrogen-bond acceptors (Lipinski definition) is 8. The van der Waals surface area contributed by atoms with Crippen LogP contribution in [0.2, 0.25) is 0 Å². The minimum atomic E-state index is -1.13. The minimum Gasteiger partial charge on any atom is -0.759 e. The maximum atomic E-state index is 12.8. The molecule has 2 aromatic heterocycles. The number of thiazole rings is 1. The van der Waals surface area contributed by atoms with Gasteiger partial charge < -0.3 is 22.1 Å². The molecule has 0 radical (unpaired) electrons. The molecule has 3 heterocycles. The molecule has 6 nitrogen and oxygen atoms in total. The van der Waals surface area contributed by atoms with Crippen molar-refractivity contribution in [3.63, 3.8) is 0 Å². The first-order chi connectivity index (χ1) is 12.8. The van der Waals surface area contributed by atoms with Gasteiger partial charge in [-0.1, -0.05) is 5.03 Å². The molecular weight excluding hydrogens is 421 g/mol. The summed E-state index contributed by atoms with van der Waals surface area (Å²) in [6.07, 6.45) is 6.43. The van der Waals surface area contributed by atoms with Crippen molar-refractivity contribution < 1.29 is 34.1 Å². The summed E-state index contributed by atoms with van der Waals surface area (Å²) < 4.78 is 16.0. The van der Waals surface area contributed by atoms with Gasteiger partial charge in [-0.25, -0.2) is 9.97 Å². The number of fused-ring (bicyclic) bond motifs is 1. The van der Waals surface area contributed by atoms with E-state index < -0.39 is 11.4 Å². The number of hydrogen-bond donors (Lipinski definition) is 1. The van der Waals surface area contributed by atoms with Crippen LogP contribution in [0.1, 0.15) is 50.2 Å². The zero-order chi connectivity index (χ0) is 19.2. The van der Waals surface area contributed by atoms with Crippen molar-refractivity contribution in [3.8, 4) is 0 Å². The van der Waals surface area contributed by atoms with E-state index in [0.29, 0.717) is 5.03 Å². The second-order valence-electron chi connectivity index (χ2n) is 8.33. The summed E-state index contributed by atoms with van der Waals surface area (Å²) in [5.74, 6) is 0.882. The predicted octanol–water partition coefficient (Wildman–Crippen LogP) is -0.221. The Kier molecular flexibility index (Phi) is 6.99. The maximum Gasteiger partial charge on any atom is 1.00 e. The van der Waals surface area contributed by atoms with Crippen molar-refractivity contribution in [3.05, 3.63) is 28.5 Å². The first kappa shape index (κ1) is 22.7. The number of aromatic nitrogens is 3. The van der Waals surface area contributed by atoms with Crippen molar-refractivity contribution in [2.45, 2.75) is 55.8 Å². The zero-order valence-corrected chi connectivity index (χ0v) is 21.2. The first-order valence-electron chi connectivity index (χ1n) is 9.13. The molecule has 1 spiro atoms. The topological polar surface area (TPSA) is 77.0 Å². The molecule has 1 aliphatic carbocycles. The third-order valence-electron chi connectivity index (χ3n) is 5.55. The van der Waals surface area contributed by atoms with Crippen molar-refractivity contribution in [1.29, 1.82) is 0 Å². The summed E-state index contributed by atoms with van der Waals surface area (Å²) in [5.41, 5.74) is 3.08. The molecule has 2 atom stereocenters. The van der Waals surface area contributed by atoms with Gasteiger partial charge in [0, 0.05) is 40.9 Å². The Balaban J connectivity index is 0.00000225. The monoisotopic (exact) mass is 445 g/mol. The van der Waals surface area contributed by atoms with Gasteiger partial charge in [0.25, 0.3) is 0 Å². The van der Waals surface area contributed by atoms with Gasteiger partial charge in [-0.3, -0.25) is 4.98 Å². The number of rotatable bonds is 3. The van der Waals surface area contributed by atoms with Gasteiger partial charge in [0.15, 0.2) is 0 Å². The van der Waals surface area contributed by atoms with E-state index in [1.807, 2.05) is 26.3 Å². The third kappa shape index (κ3) is 4.37. The summed E-state index contributed by atoms with van der Waals surface area (Å²) in [4.78, 5) is 16.9. The summed E-state index contributed by atoms with van der Waals surface area (Å²) in [7, 11) is 0. The molecular formula is C18H24N5NaOS3. The zero-order valence-electron chi connectivity index (χ0n) is 16.8. The molecule has 10 heteroatoms. The Hall–Kier alpha value is 0. The molecule has 146 valence electrons. The average Bonchev–Trinajstić information content (AvgIpc) is 3.17. The Bertz CT molecular complexity index is 802. The quantitative estimate of drug-likeness (QED) is 0.398. The standard InChI is InChI=1S/C18H25N5OS3.Na/c1-17(2,3)27(24)22-16-15-12(26-11-21-15)8-18(16)4-6-23(7-5-18)13-9-20-14(25)10-19-13;/h9-11,16,22H,4-8H2,1-3H3,(H,20,25);/q;+1/p-1/t16-,27-;/m1./s1. The van der Waals surface area contributed by atoms with Crippen molar-refractivity contribution in [2.24, 2.45) is 5.41 Å². The first-order valence-corrected chi connectivity index (χ1v) is 11.6. The predicted molar refractivity (Wildman–Crippen MR) is 111 cm³/mol. The molecule has 2 aliphatic rings. The van der Waals surface area contributed by atoms with E-state index in [2.05, 4.69) is 24.6 Å². The molecule has 2 aromatic rings. The van der Waals surface area contributed by atoms with Crippen molar-refractivity contribution in [2.75, 3.05) is 18.0 Å². The van der Waals surface area contributed by atoms with Gasteiger partial charge in [0.05, 0.1) is 17.4 Å². The second-order valence-corrected chi connectivity index (χ2v) is 11.7. The molecule has 1 aliphatic heterocycles. The van der Waals surface area contributed by atoms with Crippen LogP contribution < -0.4 is 39.2 Å². The van der Waals surface area contributed by atoms with Crippen LogP contribution in [0, 0.1) is 5.41 Å². The molecule has 28 heavy (non-hydrogen) atoms. The van der Waals surface area contributed by atoms with Gasteiger partial charge in [-0.05, 0) is 40.0 Å². The smallest absolute Gasteiger partial charge is 0.759 e. The number of anilines is 1. The summed E-state index contributed by atoms with van der Waals surface area (Å²) in [5, 5.41) is 0.521. The summed E-state index contributed by atoms with van der Waals surface area (Å²) in [6.45, 7) is 7.82. The molecule has 0 saturated carbocycles. The van der Waals surface area contributed by atoms with Gasteiger partial charge in [-0.15, -0.1) is 16.1 Å². The van der Waals surface area contributed by atoms with Crippen LogP contribution >= 0.6 is 11.3 Å². The molecule has 1 N–H and O–H groups in total. The number of nitrogens with zero attached hydrogens (tertiary/aromatic N) is 4. The number of piperidine rings is 1. The summed E-state index contributed by atoms with van der Waals surface area (Å²) >= 11 is 5.63. The fraction of sp³-hybridized carbons (Fsp3) is 0.611. The van der Waals surface area contributed by atoms with E-state index in [0.717, 1.165) is 43.9 Å². The Morgan fingerprint density at radius 1 is 1.25 bits per heavy atom. The van der Waals surface area contributed by atoms with E-state index >= 15 is 0 Å². The van der Waals surface area contributed by atoms with Gasteiger partial charge in [0.1, 0.15) is 16.6 Å². The third-order valence-corrected chi connectivity index (χ3v) is 8.17. The minimum absolute atomic E-state index is 0. The van der Waals surface area contributed by atoms with Crippen LogP contribution in [-0.4, -0.2) is 37.3 Å². The second kappa shape index (κ2) is 8.63. The molecule has 0 aromatic carbocycles. The molecule has 4 rings (SSSR count). The Morgan fingerprint density at radius 3 is 2.57 bits per heavy atom. The van der Waals surface area contributed by atoms with Crippen LogP contribution in [0.5, 0.6) is 0 Å². The average molecular weight is 446 g/mol. The summed E-state index contributed by atoms with van der Waals surface area (Å²) in [6, 6.07) is 0.0436. The van der Waals surface area contributed by atoms with Crippen LogP contribution in [0.15, 0.2) is 22.9 Å². The van der Waals surface area contributed by atoms with E-state index in [9.17, 15) is 4.55 Å². The normalized spacial score (nSPS) is 22.0. The number of nitrogens with one attached hydrogen (secondary N) is 1. The van der Waals surface area contributed by atoms with Gasteiger partial charge in [-0.2, -0.15) is 0 Å². The molecule has 1 saturated heterocycles. The molecule has 0 amide bonds. The molecule has 1 fully saturated rings. The Morgan fingerprint density at radius 2 is 1.96 bits per heavy atom. The van der Waals surface area contributed by atoms with Crippen LogP contribution in [0.4, 0.5) is 5.82 Å². The SMILES string of the molecule is CC(C)(C)[S@@+]([O-])N[C@@H]1c2ncsc2CC12CCN(c1cnc([S-])cn1)CC2.[Na+]. The van der Waals surface area contributed by atoms with E-state index in [1.165, 1.54) is 4.88 Å². The Labute approximate surface area is 201 Å². The van der Waals surface area contributed by atoms with Crippen LogP contribution in [-0.2, 0) is 30.4 Å². The van der Waals surface area contributed by atoms with E-state index in [1.54, 1.807) is 23.7 Å². The largest absolute Gasteiger partial charge is 1.00 e. The molecule has 0 bridgehead atoms. The van der Waals surface area contributed by atoms with Crippen LogP contribution in [0.3, 0.4) is 0 Å². The van der Waals surface area contributed by atoms with E-state index in [-0.39, 0.29) is 45.8 Å². The van der Waals surface area contributed by atoms with Crippen molar-refractivity contribution in [1.82, 2.24) is 19.7 Å². The van der Waals surface area contributed by atoms with E-state index in [4.69, 9.17) is 12.6 Å². The fourth-order valence-electron chi connectivity index (χ4n) is 3.94. The van der Waals surface area contributed by atoms with Crippen LogP contribution in [0.25, 0.3) is 0 Å². The fourth-order valence-corrected chi connectivity index (χ4v) is 5.93. The van der Waals surface area contributed by atoms with Crippen molar-refractivity contribution >= 4 is 41.1 Å². The maximum absolute atomic E-state index is 12.8. The van der Waals surface area contributed by atoms with Gasteiger partial charge >= 0.3 is 29.6 Å². The molecule has 0 unspecified atom stereocenters.